The number of anilines is 1. The molecular weight excluding hydrogens is 284 g/mol. The number of nitrogens with zero attached hydrogens (tertiary/aromatic N) is 2. The highest BCUT2D eigenvalue weighted by molar-refractivity contribution is 9.10. The molecule has 0 atom stereocenters. The van der Waals surface area contributed by atoms with E-state index in [0.717, 1.165) is 34.6 Å². The summed E-state index contributed by atoms with van der Waals surface area (Å²) in [5, 5.41) is 9.11. The van der Waals surface area contributed by atoms with Gasteiger partial charge < -0.3 is 4.90 Å². The fourth-order valence-electron chi connectivity index (χ4n) is 1.85. The largest absolute Gasteiger partial charge is 0.370 e. The van der Waals surface area contributed by atoms with E-state index in [9.17, 15) is 0 Å². The summed E-state index contributed by atoms with van der Waals surface area (Å²) in [4.78, 5) is 2.32. The van der Waals surface area contributed by atoms with Crippen LogP contribution in [0.25, 0.3) is 0 Å². The van der Waals surface area contributed by atoms with E-state index in [-0.39, 0.29) is 0 Å². The summed E-state index contributed by atoms with van der Waals surface area (Å²) in [7, 11) is 0. The van der Waals surface area contributed by atoms with Crippen LogP contribution in [0.4, 0.5) is 5.69 Å². The van der Waals surface area contributed by atoms with Crippen molar-refractivity contribution >= 4 is 33.4 Å². The van der Waals surface area contributed by atoms with Gasteiger partial charge in [-0.05, 0) is 30.4 Å². The summed E-state index contributed by atoms with van der Waals surface area (Å²) >= 11 is 5.47. The molecule has 84 valence electrons. The molecule has 0 spiro atoms. The number of thioether (sulfide) groups is 1. The van der Waals surface area contributed by atoms with Crippen LogP contribution in [0.15, 0.2) is 22.7 Å². The van der Waals surface area contributed by atoms with Crippen LogP contribution in [0.5, 0.6) is 0 Å². The van der Waals surface area contributed by atoms with Gasteiger partial charge >= 0.3 is 0 Å². The van der Waals surface area contributed by atoms with Gasteiger partial charge in [-0.15, -0.1) is 0 Å². The zero-order valence-corrected chi connectivity index (χ0v) is 11.4. The van der Waals surface area contributed by atoms with E-state index in [1.807, 2.05) is 23.9 Å². The van der Waals surface area contributed by atoms with Gasteiger partial charge in [0, 0.05) is 23.3 Å². The Morgan fingerprint density at radius 2 is 2.19 bits per heavy atom. The van der Waals surface area contributed by atoms with Gasteiger partial charge in [0.1, 0.15) is 6.07 Å². The second-order valence-electron chi connectivity index (χ2n) is 3.73. The summed E-state index contributed by atoms with van der Waals surface area (Å²) < 4.78 is 1.04. The van der Waals surface area contributed by atoms with E-state index in [0.29, 0.717) is 0 Å². The maximum absolute atomic E-state index is 9.11. The molecule has 0 bridgehead atoms. The Balaban J connectivity index is 2.30. The molecule has 0 radical (unpaired) electrons. The van der Waals surface area contributed by atoms with Gasteiger partial charge in [0.15, 0.2) is 0 Å². The van der Waals surface area contributed by atoms with Crippen molar-refractivity contribution in [1.82, 2.24) is 0 Å². The molecule has 2 rings (SSSR count). The molecule has 4 heteroatoms. The average Bonchev–Trinajstić information content (AvgIpc) is 2.57. The van der Waals surface area contributed by atoms with Crippen LogP contribution in [-0.4, -0.2) is 24.6 Å². The smallest absolute Gasteiger partial charge is 0.101 e. The Bertz CT molecular complexity index is 406. The third-order valence-electron chi connectivity index (χ3n) is 2.64. The molecule has 0 unspecified atom stereocenters. The van der Waals surface area contributed by atoms with Crippen LogP contribution < -0.4 is 4.90 Å². The number of hydrogen-bond acceptors (Lipinski definition) is 3. The molecular formula is C12H13BrN2S. The zero-order valence-electron chi connectivity index (χ0n) is 8.95. The van der Waals surface area contributed by atoms with Crippen molar-refractivity contribution in [3.8, 4) is 6.07 Å². The van der Waals surface area contributed by atoms with Gasteiger partial charge in [0.05, 0.1) is 11.3 Å². The Hall–Kier alpha value is -0.660. The van der Waals surface area contributed by atoms with E-state index < -0.39 is 0 Å². The maximum Gasteiger partial charge on any atom is 0.101 e. The first-order valence-corrected chi connectivity index (χ1v) is 7.28. The van der Waals surface area contributed by atoms with Crippen molar-refractivity contribution in [1.29, 1.82) is 5.26 Å². The minimum atomic E-state index is 0.773. The molecule has 1 aliphatic heterocycles. The predicted molar refractivity (Wildman–Crippen MR) is 73.0 cm³/mol. The Morgan fingerprint density at radius 1 is 1.31 bits per heavy atom. The molecule has 0 amide bonds. The third kappa shape index (κ3) is 2.72. The van der Waals surface area contributed by atoms with Gasteiger partial charge in [-0.25, -0.2) is 0 Å². The molecule has 1 fully saturated rings. The van der Waals surface area contributed by atoms with Crippen molar-refractivity contribution in [2.24, 2.45) is 0 Å². The predicted octanol–water partition coefficient (Wildman–Crippen LogP) is 3.26. The summed E-state index contributed by atoms with van der Waals surface area (Å²) in [6, 6.07) is 8.13. The first kappa shape index (κ1) is 11.8. The molecule has 2 nitrogen and oxygen atoms in total. The van der Waals surface area contributed by atoms with Gasteiger partial charge in [-0.3, -0.25) is 0 Å². The van der Waals surface area contributed by atoms with E-state index in [1.165, 1.54) is 12.2 Å². The zero-order chi connectivity index (χ0) is 11.4. The first-order chi connectivity index (χ1) is 7.81. The maximum atomic E-state index is 9.11. The Labute approximate surface area is 109 Å². The van der Waals surface area contributed by atoms with Crippen LogP contribution >= 0.6 is 27.7 Å². The fourth-order valence-corrected chi connectivity index (χ4v) is 3.08. The highest BCUT2D eigenvalue weighted by Gasteiger charge is 2.13. The summed E-state index contributed by atoms with van der Waals surface area (Å²) in [6.45, 7) is 2.09. The minimum absolute atomic E-state index is 0.773. The minimum Gasteiger partial charge on any atom is -0.370 e. The SMILES string of the molecule is N#Cc1ccc(Br)cc1N1CCCSCC1. The topological polar surface area (TPSA) is 27.0 Å². The van der Waals surface area contributed by atoms with Gasteiger partial charge in [-0.1, -0.05) is 15.9 Å². The summed E-state index contributed by atoms with van der Waals surface area (Å²) in [6.07, 6.45) is 1.20. The Kier molecular flexibility index (Phi) is 4.14. The van der Waals surface area contributed by atoms with Crippen molar-refractivity contribution in [2.75, 3.05) is 29.5 Å². The molecule has 0 N–H and O–H groups in total. The molecule has 0 saturated carbocycles. The quantitative estimate of drug-likeness (QED) is 0.796. The molecule has 1 saturated heterocycles. The molecule has 1 aromatic rings. The summed E-state index contributed by atoms with van der Waals surface area (Å²) in [5.41, 5.74) is 1.84. The van der Waals surface area contributed by atoms with Crippen molar-refractivity contribution in [3.63, 3.8) is 0 Å². The number of halogens is 1. The molecule has 16 heavy (non-hydrogen) atoms. The molecule has 1 heterocycles. The van der Waals surface area contributed by atoms with Crippen LogP contribution in [0.2, 0.25) is 0 Å². The third-order valence-corrected chi connectivity index (χ3v) is 4.19. The van der Waals surface area contributed by atoms with E-state index in [1.54, 1.807) is 0 Å². The lowest BCUT2D eigenvalue weighted by Gasteiger charge is -2.23. The normalized spacial score (nSPS) is 16.6. The van der Waals surface area contributed by atoms with Crippen LogP contribution in [0, 0.1) is 11.3 Å². The van der Waals surface area contributed by atoms with E-state index in [4.69, 9.17) is 5.26 Å². The van der Waals surface area contributed by atoms with Crippen LogP contribution in [0.3, 0.4) is 0 Å². The van der Waals surface area contributed by atoms with Crippen molar-refractivity contribution in [3.05, 3.63) is 28.2 Å². The number of hydrogen-bond donors (Lipinski definition) is 0. The fraction of sp³-hybridized carbons (Fsp3) is 0.417. The lowest BCUT2D eigenvalue weighted by Crippen LogP contribution is -2.26. The monoisotopic (exact) mass is 296 g/mol. The second-order valence-corrected chi connectivity index (χ2v) is 5.87. The molecule has 1 aliphatic rings. The van der Waals surface area contributed by atoms with Crippen molar-refractivity contribution < 1.29 is 0 Å². The van der Waals surface area contributed by atoms with E-state index in [2.05, 4.69) is 33.0 Å². The second kappa shape index (κ2) is 5.60. The lowest BCUT2D eigenvalue weighted by molar-refractivity contribution is 0.815. The number of benzene rings is 1. The van der Waals surface area contributed by atoms with Gasteiger partial charge in [-0.2, -0.15) is 17.0 Å². The standard InChI is InChI=1S/C12H13BrN2S/c13-11-3-2-10(9-14)12(8-11)15-4-1-6-16-7-5-15/h2-3,8H,1,4-7H2. The summed E-state index contributed by atoms with van der Waals surface area (Å²) in [5.74, 6) is 2.38. The van der Waals surface area contributed by atoms with Gasteiger partial charge in [0.2, 0.25) is 0 Å². The molecule has 0 aliphatic carbocycles. The van der Waals surface area contributed by atoms with Crippen LogP contribution in [-0.2, 0) is 0 Å². The number of rotatable bonds is 1. The van der Waals surface area contributed by atoms with Crippen LogP contribution in [0.1, 0.15) is 12.0 Å². The lowest BCUT2D eigenvalue weighted by atomic mass is 10.1. The molecule has 1 aromatic carbocycles. The molecule has 0 aromatic heterocycles. The van der Waals surface area contributed by atoms with E-state index >= 15 is 0 Å². The highest BCUT2D eigenvalue weighted by Crippen LogP contribution is 2.26. The highest BCUT2D eigenvalue weighted by atomic mass is 79.9. The Morgan fingerprint density at radius 3 is 3.00 bits per heavy atom. The van der Waals surface area contributed by atoms with Gasteiger partial charge in [0.25, 0.3) is 0 Å². The number of nitriles is 1. The average molecular weight is 297 g/mol. The van der Waals surface area contributed by atoms with Crippen molar-refractivity contribution in [2.45, 2.75) is 6.42 Å². The first-order valence-electron chi connectivity index (χ1n) is 5.33.